The van der Waals surface area contributed by atoms with E-state index in [9.17, 15) is 0 Å². The molecule has 1 aromatic carbocycles. The van der Waals surface area contributed by atoms with Gasteiger partial charge < -0.3 is 0 Å². The lowest BCUT2D eigenvalue weighted by Gasteiger charge is -2.20. The first-order chi connectivity index (χ1) is 7.38. The topological polar surface area (TPSA) is 0 Å². The van der Waals surface area contributed by atoms with Crippen LogP contribution in [0.4, 0.5) is 0 Å². The van der Waals surface area contributed by atoms with Crippen molar-refractivity contribution in [2.75, 3.05) is 0 Å². The minimum Gasteiger partial charge on any atom is -0.154 e. The molecule has 1 heteroatoms. The van der Waals surface area contributed by atoms with Crippen LogP contribution in [-0.2, 0) is 12.2 Å². The lowest BCUT2D eigenvalue weighted by Crippen LogP contribution is -2.10. The fraction of sp³-hybridized carbons (Fsp3) is 0.600. The van der Waals surface area contributed by atoms with Gasteiger partial charge in [-0.1, -0.05) is 58.9 Å². The molecule has 1 rings (SSSR count). The lowest BCUT2D eigenvalue weighted by molar-refractivity contribution is 0.410. The summed E-state index contributed by atoms with van der Waals surface area (Å²) in [6, 6.07) is 8.87. The van der Waals surface area contributed by atoms with Crippen molar-refractivity contribution >= 4 is 11.8 Å². The lowest BCUT2D eigenvalue weighted by atomic mass is 9.86. The van der Waals surface area contributed by atoms with Crippen molar-refractivity contribution in [1.82, 2.24) is 0 Å². The van der Waals surface area contributed by atoms with E-state index in [0.29, 0.717) is 10.7 Å². The number of thioether (sulfide) groups is 1. The van der Waals surface area contributed by atoms with Gasteiger partial charge in [-0.25, -0.2) is 0 Å². The maximum atomic E-state index is 2.30. The molecule has 0 bridgehead atoms. The quantitative estimate of drug-likeness (QED) is 0.715. The summed E-state index contributed by atoms with van der Waals surface area (Å²) in [6.45, 7) is 11.4. The van der Waals surface area contributed by atoms with E-state index in [1.54, 1.807) is 0 Å². The Morgan fingerprint density at radius 2 is 1.62 bits per heavy atom. The monoisotopic (exact) mass is 236 g/mol. The van der Waals surface area contributed by atoms with E-state index in [0.717, 1.165) is 5.75 Å². The van der Waals surface area contributed by atoms with Crippen molar-refractivity contribution in [2.45, 2.75) is 52.0 Å². The Bertz CT molecular complexity index is 320. The summed E-state index contributed by atoms with van der Waals surface area (Å²) in [5.74, 6) is 1.14. The van der Waals surface area contributed by atoms with Gasteiger partial charge in [0.05, 0.1) is 0 Å². The Morgan fingerprint density at radius 3 is 2.12 bits per heavy atom. The van der Waals surface area contributed by atoms with Gasteiger partial charge in [-0.05, 0) is 28.2 Å². The van der Waals surface area contributed by atoms with E-state index < -0.39 is 0 Å². The minimum absolute atomic E-state index is 0.374. The van der Waals surface area contributed by atoms with Gasteiger partial charge in [-0.15, -0.1) is 0 Å². The van der Waals surface area contributed by atoms with Gasteiger partial charge in [0.25, 0.3) is 0 Å². The van der Waals surface area contributed by atoms with Crippen molar-refractivity contribution in [3.05, 3.63) is 35.4 Å². The summed E-state index contributed by atoms with van der Waals surface area (Å²) in [4.78, 5) is 0. The van der Waals surface area contributed by atoms with Crippen LogP contribution in [0, 0.1) is 5.41 Å². The average Bonchev–Trinajstić information content (AvgIpc) is 2.14. The molecule has 0 radical (unpaired) electrons. The van der Waals surface area contributed by atoms with Gasteiger partial charge in [-0.2, -0.15) is 11.8 Å². The van der Waals surface area contributed by atoms with Gasteiger partial charge in [0, 0.05) is 5.75 Å². The highest BCUT2D eigenvalue weighted by molar-refractivity contribution is 7.99. The first-order valence-corrected chi connectivity index (χ1v) is 7.12. The summed E-state index contributed by atoms with van der Waals surface area (Å²) >= 11 is 2.02. The van der Waals surface area contributed by atoms with E-state index in [4.69, 9.17) is 0 Å². The molecule has 0 spiro atoms. The van der Waals surface area contributed by atoms with Crippen LogP contribution in [0.2, 0.25) is 0 Å². The molecule has 0 saturated carbocycles. The van der Waals surface area contributed by atoms with Crippen molar-refractivity contribution in [3.63, 3.8) is 0 Å². The predicted molar refractivity (Wildman–Crippen MR) is 76.0 cm³/mol. The maximum Gasteiger partial charge on any atom is 0.0189 e. The van der Waals surface area contributed by atoms with Gasteiger partial charge >= 0.3 is 0 Å². The molecule has 0 atom stereocenters. The SMILES string of the molecule is CC(C)SCc1ccccc1CC(C)(C)C. The van der Waals surface area contributed by atoms with Gasteiger partial charge in [0.1, 0.15) is 0 Å². The zero-order valence-electron chi connectivity index (χ0n) is 11.2. The second-order valence-corrected chi connectivity index (χ2v) is 7.43. The van der Waals surface area contributed by atoms with Crippen molar-refractivity contribution in [3.8, 4) is 0 Å². The molecule has 0 aliphatic heterocycles. The Balaban J connectivity index is 2.75. The summed E-state index contributed by atoms with van der Waals surface area (Å²) in [6.07, 6.45) is 1.17. The molecule has 0 N–H and O–H groups in total. The molecule has 0 heterocycles. The molecule has 0 aliphatic rings. The Morgan fingerprint density at radius 1 is 1.06 bits per heavy atom. The zero-order chi connectivity index (χ0) is 12.2. The molecule has 90 valence electrons. The smallest absolute Gasteiger partial charge is 0.0189 e. The molecule has 0 amide bonds. The first kappa shape index (κ1) is 13.6. The average molecular weight is 236 g/mol. The minimum atomic E-state index is 0.374. The molecular formula is C15H24S. The van der Waals surface area contributed by atoms with E-state index in [1.165, 1.54) is 17.5 Å². The molecule has 0 nitrogen and oxygen atoms in total. The molecule has 16 heavy (non-hydrogen) atoms. The third-order valence-corrected chi connectivity index (χ3v) is 3.56. The van der Waals surface area contributed by atoms with E-state index in [1.807, 2.05) is 11.8 Å². The highest BCUT2D eigenvalue weighted by Crippen LogP contribution is 2.26. The fourth-order valence-corrected chi connectivity index (χ4v) is 2.49. The second kappa shape index (κ2) is 5.77. The first-order valence-electron chi connectivity index (χ1n) is 6.07. The molecule has 0 saturated heterocycles. The number of rotatable bonds is 4. The van der Waals surface area contributed by atoms with Gasteiger partial charge in [0.2, 0.25) is 0 Å². The van der Waals surface area contributed by atoms with Crippen LogP contribution in [0.25, 0.3) is 0 Å². The van der Waals surface area contributed by atoms with Crippen LogP contribution < -0.4 is 0 Å². The highest BCUT2D eigenvalue weighted by Gasteiger charge is 2.13. The molecule has 0 aromatic heterocycles. The Labute approximate surface area is 105 Å². The second-order valence-electron chi connectivity index (χ2n) is 5.87. The summed E-state index contributed by atoms with van der Waals surface area (Å²) in [7, 11) is 0. The Hall–Kier alpha value is -0.430. The predicted octanol–water partition coefficient (Wildman–Crippen LogP) is 4.92. The van der Waals surface area contributed by atoms with Crippen molar-refractivity contribution < 1.29 is 0 Å². The third kappa shape index (κ3) is 5.07. The van der Waals surface area contributed by atoms with E-state index >= 15 is 0 Å². The molecular weight excluding hydrogens is 212 g/mol. The number of hydrogen-bond acceptors (Lipinski definition) is 1. The summed E-state index contributed by atoms with van der Waals surface area (Å²) in [5.41, 5.74) is 3.40. The molecule has 0 aliphatic carbocycles. The molecule has 0 fully saturated rings. The van der Waals surface area contributed by atoms with Crippen LogP contribution in [0.1, 0.15) is 45.7 Å². The third-order valence-electron chi connectivity index (χ3n) is 2.41. The maximum absolute atomic E-state index is 2.30. The van der Waals surface area contributed by atoms with Crippen LogP contribution in [0.3, 0.4) is 0 Å². The fourth-order valence-electron chi connectivity index (χ4n) is 1.70. The van der Waals surface area contributed by atoms with Crippen LogP contribution >= 0.6 is 11.8 Å². The van der Waals surface area contributed by atoms with Gasteiger partial charge in [-0.3, -0.25) is 0 Å². The summed E-state index contributed by atoms with van der Waals surface area (Å²) < 4.78 is 0. The van der Waals surface area contributed by atoms with Crippen LogP contribution in [0.15, 0.2) is 24.3 Å². The highest BCUT2D eigenvalue weighted by atomic mass is 32.2. The Kier molecular flexibility index (Phi) is 4.91. The summed E-state index contributed by atoms with van der Waals surface area (Å²) in [5, 5.41) is 0.711. The molecule has 0 unspecified atom stereocenters. The normalized spacial score (nSPS) is 12.1. The zero-order valence-corrected chi connectivity index (χ0v) is 12.0. The largest absolute Gasteiger partial charge is 0.154 e. The standard InChI is InChI=1S/C15H24S/c1-12(2)16-11-14-9-7-6-8-13(14)10-15(3,4)5/h6-9,12H,10-11H2,1-5H3. The van der Waals surface area contributed by atoms with Crippen LogP contribution in [0.5, 0.6) is 0 Å². The van der Waals surface area contributed by atoms with Crippen molar-refractivity contribution in [2.24, 2.45) is 5.41 Å². The van der Waals surface area contributed by atoms with E-state index in [2.05, 4.69) is 58.9 Å². The molecule has 1 aromatic rings. The van der Waals surface area contributed by atoms with E-state index in [-0.39, 0.29) is 0 Å². The number of hydrogen-bond donors (Lipinski definition) is 0. The van der Waals surface area contributed by atoms with Crippen LogP contribution in [-0.4, -0.2) is 5.25 Å². The van der Waals surface area contributed by atoms with Crippen molar-refractivity contribution in [1.29, 1.82) is 0 Å². The van der Waals surface area contributed by atoms with Gasteiger partial charge in [0.15, 0.2) is 0 Å². The number of benzene rings is 1.